The molecule has 0 spiro atoms. The Balaban J connectivity index is 1.98. The maximum absolute atomic E-state index is 12.0. The Hall–Kier alpha value is -2.19. The zero-order chi connectivity index (χ0) is 17.9. The molecular formula is C16H21N3O4S. The van der Waals surface area contributed by atoms with Gasteiger partial charge in [0.25, 0.3) is 0 Å². The van der Waals surface area contributed by atoms with Gasteiger partial charge in [-0.05, 0) is 44.5 Å². The van der Waals surface area contributed by atoms with Crippen LogP contribution in [0.1, 0.15) is 23.4 Å². The van der Waals surface area contributed by atoms with Crippen LogP contribution in [0.3, 0.4) is 0 Å². The van der Waals surface area contributed by atoms with Gasteiger partial charge in [-0.15, -0.1) is 0 Å². The van der Waals surface area contributed by atoms with Crippen molar-refractivity contribution < 1.29 is 17.7 Å². The van der Waals surface area contributed by atoms with Gasteiger partial charge in [0.1, 0.15) is 5.76 Å². The number of carbonyl (C=O) groups excluding carboxylic acids is 1. The standard InChI is InChI=1S/C16H21N3O4S/c1-11-15(12(2)23-18-11)9-10-16(20)17-13-5-7-14(8-6-13)24(21,22)19(3)4/h5-8H,9-10H2,1-4H3,(H,17,20). The number of rotatable bonds is 6. The fourth-order valence-electron chi connectivity index (χ4n) is 2.24. The Morgan fingerprint density at radius 2 is 1.83 bits per heavy atom. The average Bonchev–Trinajstić information content (AvgIpc) is 2.84. The van der Waals surface area contributed by atoms with Crippen molar-refractivity contribution in [2.75, 3.05) is 19.4 Å². The summed E-state index contributed by atoms with van der Waals surface area (Å²) in [4.78, 5) is 12.2. The Morgan fingerprint density at radius 3 is 2.33 bits per heavy atom. The van der Waals surface area contributed by atoms with E-state index in [1.165, 1.54) is 26.2 Å². The van der Waals surface area contributed by atoms with Gasteiger partial charge in [0, 0.05) is 31.8 Å². The van der Waals surface area contributed by atoms with Crippen LogP contribution in [0.2, 0.25) is 0 Å². The van der Waals surface area contributed by atoms with Crippen molar-refractivity contribution in [3.05, 3.63) is 41.3 Å². The minimum atomic E-state index is -3.47. The summed E-state index contributed by atoms with van der Waals surface area (Å²) < 4.78 is 30.2. The fourth-order valence-corrected chi connectivity index (χ4v) is 3.14. The van der Waals surface area contributed by atoms with E-state index in [4.69, 9.17) is 4.52 Å². The topological polar surface area (TPSA) is 92.5 Å². The molecule has 0 saturated heterocycles. The highest BCUT2D eigenvalue weighted by Crippen LogP contribution is 2.18. The van der Waals surface area contributed by atoms with Gasteiger partial charge in [-0.25, -0.2) is 12.7 Å². The molecule has 24 heavy (non-hydrogen) atoms. The molecule has 0 radical (unpaired) electrons. The maximum Gasteiger partial charge on any atom is 0.242 e. The lowest BCUT2D eigenvalue weighted by Crippen LogP contribution is -2.22. The molecule has 0 aliphatic rings. The van der Waals surface area contributed by atoms with Gasteiger partial charge < -0.3 is 9.84 Å². The molecule has 1 N–H and O–H groups in total. The van der Waals surface area contributed by atoms with Crippen LogP contribution in [0.4, 0.5) is 5.69 Å². The fraction of sp³-hybridized carbons (Fsp3) is 0.375. The van der Waals surface area contributed by atoms with E-state index in [0.717, 1.165) is 21.3 Å². The van der Waals surface area contributed by atoms with Crippen LogP contribution in [0.25, 0.3) is 0 Å². The summed E-state index contributed by atoms with van der Waals surface area (Å²) in [7, 11) is -0.524. The zero-order valence-corrected chi connectivity index (χ0v) is 15.0. The summed E-state index contributed by atoms with van der Waals surface area (Å²) >= 11 is 0. The Morgan fingerprint density at radius 1 is 1.21 bits per heavy atom. The van der Waals surface area contributed by atoms with Crippen molar-refractivity contribution in [1.82, 2.24) is 9.46 Å². The second-order valence-electron chi connectivity index (χ2n) is 5.66. The molecule has 0 aliphatic carbocycles. The molecule has 130 valence electrons. The zero-order valence-electron chi connectivity index (χ0n) is 14.2. The minimum Gasteiger partial charge on any atom is -0.361 e. The van der Waals surface area contributed by atoms with Crippen LogP contribution in [-0.4, -0.2) is 37.9 Å². The number of sulfonamides is 1. The van der Waals surface area contributed by atoms with Crippen LogP contribution in [0, 0.1) is 13.8 Å². The molecule has 1 heterocycles. The summed E-state index contributed by atoms with van der Waals surface area (Å²) in [6.45, 7) is 3.66. The van der Waals surface area contributed by atoms with E-state index in [1.807, 2.05) is 13.8 Å². The predicted molar refractivity (Wildman–Crippen MR) is 90.2 cm³/mol. The Bertz CT molecular complexity index is 804. The third kappa shape index (κ3) is 4.01. The summed E-state index contributed by atoms with van der Waals surface area (Å²) in [5.41, 5.74) is 2.28. The van der Waals surface area contributed by atoms with Crippen molar-refractivity contribution in [2.45, 2.75) is 31.6 Å². The van der Waals surface area contributed by atoms with Crippen LogP contribution < -0.4 is 5.32 Å². The van der Waals surface area contributed by atoms with E-state index in [1.54, 1.807) is 12.1 Å². The molecule has 1 amide bonds. The Labute approximate surface area is 141 Å². The van der Waals surface area contributed by atoms with Crippen molar-refractivity contribution in [3.63, 3.8) is 0 Å². The lowest BCUT2D eigenvalue weighted by atomic mass is 10.1. The van der Waals surface area contributed by atoms with Crippen LogP contribution in [-0.2, 0) is 21.2 Å². The number of benzene rings is 1. The number of nitrogens with one attached hydrogen (secondary N) is 1. The number of anilines is 1. The summed E-state index contributed by atoms with van der Waals surface area (Å²) in [6, 6.07) is 6.09. The van der Waals surface area contributed by atoms with Crippen molar-refractivity contribution >= 4 is 21.6 Å². The number of hydrogen-bond donors (Lipinski definition) is 1. The molecule has 2 aromatic rings. The van der Waals surface area contributed by atoms with E-state index in [9.17, 15) is 13.2 Å². The van der Waals surface area contributed by atoms with Gasteiger partial charge >= 0.3 is 0 Å². The first-order valence-corrected chi connectivity index (χ1v) is 8.90. The summed E-state index contributed by atoms with van der Waals surface area (Å²) in [5.74, 6) is 0.566. The minimum absolute atomic E-state index is 0.154. The van der Waals surface area contributed by atoms with Crippen LogP contribution in [0.5, 0.6) is 0 Å². The molecular weight excluding hydrogens is 330 g/mol. The molecule has 1 aromatic carbocycles. The maximum atomic E-state index is 12.0. The smallest absolute Gasteiger partial charge is 0.242 e. The van der Waals surface area contributed by atoms with E-state index in [-0.39, 0.29) is 10.8 Å². The highest BCUT2D eigenvalue weighted by atomic mass is 32.2. The van der Waals surface area contributed by atoms with Gasteiger partial charge in [-0.1, -0.05) is 5.16 Å². The number of amides is 1. The van der Waals surface area contributed by atoms with Crippen molar-refractivity contribution in [3.8, 4) is 0 Å². The molecule has 0 fully saturated rings. The van der Waals surface area contributed by atoms with Gasteiger partial charge in [0.05, 0.1) is 10.6 Å². The first-order chi connectivity index (χ1) is 11.2. The molecule has 1 aromatic heterocycles. The monoisotopic (exact) mass is 351 g/mol. The second-order valence-corrected chi connectivity index (χ2v) is 7.81. The van der Waals surface area contributed by atoms with Crippen LogP contribution in [0.15, 0.2) is 33.7 Å². The predicted octanol–water partition coefficient (Wildman–Crippen LogP) is 2.11. The SMILES string of the molecule is Cc1noc(C)c1CCC(=O)Nc1ccc(S(=O)(=O)N(C)C)cc1. The molecule has 0 atom stereocenters. The van der Waals surface area contributed by atoms with Gasteiger partial charge in [0.15, 0.2) is 0 Å². The summed E-state index contributed by atoms with van der Waals surface area (Å²) in [6.07, 6.45) is 0.834. The highest BCUT2D eigenvalue weighted by molar-refractivity contribution is 7.89. The van der Waals surface area contributed by atoms with E-state index < -0.39 is 10.0 Å². The first kappa shape index (κ1) is 18.2. The van der Waals surface area contributed by atoms with Gasteiger partial charge in [-0.3, -0.25) is 4.79 Å². The highest BCUT2D eigenvalue weighted by Gasteiger charge is 2.17. The van der Waals surface area contributed by atoms with Gasteiger partial charge in [0.2, 0.25) is 15.9 Å². The average molecular weight is 351 g/mol. The molecule has 0 saturated carbocycles. The molecule has 0 bridgehead atoms. The van der Waals surface area contributed by atoms with Crippen molar-refractivity contribution in [1.29, 1.82) is 0 Å². The third-order valence-electron chi connectivity index (χ3n) is 3.70. The Kier molecular flexibility index (Phi) is 5.40. The molecule has 2 rings (SSSR count). The third-order valence-corrected chi connectivity index (χ3v) is 5.53. The largest absolute Gasteiger partial charge is 0.361 e. The molecule has 0 aliphatic heterocycles. The number of aryl methyl sites for hydroxylation is 2. The number of hydrogen-bond acceptors (Lipinski definition) is 5. The number of nitrogens with zero attached hydrogens (tertiary/aromatic N) is 2. The van der Waals surface area contributed by atoms with Crippen LogP contribution >= 0.6 is 0 Å². The number of aromatic nitrogens is 1. The normalized spacial score (nSPS) is 11.7. The second kappa shape index (κ2) is 7.14. The molecule has 0 unspecified atom stereocenters. The van der Waals surface area contributed by atoms with E-state index in [2.05, 4.69) is 10.5 Å². The summed E-state index contributed by atoms with van der Waals surface area (Å²) in [5, 5.41) is 6.61. The van der Waals surface area contributed by atoms with E-state index >= 15 is 0 Å². The molecule has 8 heteroatoms. The molecule has 7 nitrogen and oxygen atoms in total. The lowest BCUT2D eigenvalue weighted by molar-refractivity contribution is -0.116. The lowest BCUT2D eigenvalue weighted by Gasteiger charge is -2.12. The van der Waals surface area contributed by atoms with Gasteiger partial charge in [-0.2, -0.15) is 0 Å². The number of carbonyl (C=O) groups is 1. The quantitative estimate of drug-likeness (QED) is 0.860. The first-order valence-electron chi connectivity index (χ1n) is 7.46. The van der Waals surface area contributed by atoms with E-state index in [0.29, 0.717) is 18.5 Å². The van der Waals surface area contributed by atoms with Crippen molar-refractivity contribution in [2.24, 2.45) is 0 Å².